The zero-order valence-corrected chi connectivity index (χ0v) is 17.4. The van der Waals surface area contributed by atoms with Crippen LogP contribution in [0.2, 0.25) is 0 Å². The number of benzene rings is 2. The Morgan fingerprint density at radius 3 is 2.60 bits per heavy atom. The van der Waals surface area contributed by atoms with Crippen molar-refractivity contribution in [2.24, 2.45) is 0 Å². The molecule has 0 aliphatic carbocycles. The Labute approximate surface area is 175 Å². The maximum atomic E-state index is 13.0. The first-order valence-corrected chi connectivity index (χ1v) is 9.79. The predicted octanol–water partition coefficient (Wildman–Crippen LogP) is 4.16. The van der Waals surface area contributed by atoms with Gasteiger partial charge in [-0.3, -0.25) is 9.69 Å². The van der Waals surface area contributed by atoms with E-state index in [-0.39, 0.29) is 30.0 Å². The maximum Gasteiger partial charge on any atom is 0.273 e. The van der Waals surface area contributed by atoms with Gasteiger partial charge in [0.1, 0.15) is 17.8 Å². The highest BCUT2D eigenvalue weighted by Crippen LogP contribution is 2.21. The summed E-state index contributed by atoms with van der Waals surface area (Å²) in [6, 6.07) is 14.1. The Morgan fingerprint density at radius 2 is 1.90 bits per heavy atom. The van der Waals surface area contributed by atoms with Gasteiger partial charge in [0.05, 0.1) is 13.7 Å². The number of aromatic nitrogens is 1. The molecule has 1 amide bonds. The van der Waals surface area contributed by atoms with Crippen molar-refractivity contribution in [2.75, 3.05) is 7.11 Å². The third-order valence-electron chi connectivity index (χ3n) is 4.79. The number of nitrogens with one attached hydrogen (secondary N) is 1. The van der Waals surface area contributed by atoms with Crippen LogP contribution in [0.1, 0.15) is 41.4 Å². The molecule has 1 N–H and O–H groups in total. The highest BCUT2D eigenvalue weighted by atomic mass is 19.1. The van der Waals surface area contributed by atoms with Gasteiger partial charge < -0.3 is 14.5 Å². The van der Waals surface area contributed by atoms with Crippen molar-refractivity contribution in [2.45, 2.75) is 39.5 Å². The summed E-state index contributed by atoms with van der Waals surface area (Å²) >= 11 is 0. The quantitative estimate of drug-likeness (QED) is 0.573. The molecule has 0 spiro atoms. The van der Waals surface area contributed by atoms with Crippen LogP contribution in [0.4, 0.5) is 4.39 Å². The molecule has 0 unspecified atom stereocenters. The number of hydrogen-bond acceptors (Lipinski definition) is 5. The average Bonchev–Trinajstić information content (AvgIpc) is 3.21. The Balaban J connectivity index is 1.62. The minimum atomic E-state index is -0.338. The minimum Gasteiger partial charge on any atom is -0.496 e. The molecule has 1 heterocycles. The second kappa shape index (κ2) is 10.0. The van der Waals surface area contributed by atoms with Crippen molar-refractivity contribution in [3.05, 3.63) is 83.3 Å². The lowest BCUT2D eigenvalue weighted by Gasteiger charge is -2.25. The number of hydrogen-bond donors (Lipinski definition) is 1. The molecule has 0 aliphatic heterocycles. The number of oxazole rings is 1. The van der Waals surface area contributed by atoms with Crippen molar-refractivity contribution in [1.82, 2.24) is 15.2 Å². The summed E-state index contributed by atoms with van der Waals surface area (Å²) < 4.78 is 23.9. The van der Waals surface area contributed by atoms with Gasteiger partial charge in [0.15, 0.2) is 5.69 Å². The van der Waals surface area contributed by atoms with Crippen molar-refractivity contribution in [1.29, 1.82) is 0 Å². The molecule has 30 heavy (non-hydrogen) atoms. The summed E-state index contributed by atoms with van der Waals surface area (Å²) in [5.41, 5.74) is 2.09. The van der Waals surface area contributed by atoms with Crippen molar-refractivity contribution < 1.29 is 18.3 Å². The van der Waals surface area contributed by atoms with Crippen LogP contribution in [0.25, 0.3) is 0 Å². The second-order valence-electron chi connectivity index (χ2n) is 7.25. The largest absolute Gasteiger partial charge is 0.496 e. The smallest absolute Gasteiger partial charge is 0.273 e. The molecule has 0 saturated carbocycles. The molecule has 2 aromatic carbocycles. The molecule has 0 bridgehead atoms. The van der Waals surface area contributed by atoms with Crippen LogP contribution in [0.3, 0.4) is 0 Å². The standard InChI is InChI=1S/C23H26FN3O3/c1-16(2)27(13-18-6-4-5-7-21(18)29-3)14-22-26-20(15-30-22)23(28)25-12-17-8-10-19(24)11-9-17/h4-11,15-16H,12-14H2,1-3H3,(H,25,28). The summed E-state index contributed by atoms with van der Waals surface area (Å²) in [7, 11) is 1.66. The van der Waals surface area contributed by atoms with Crippen molar-refractivity contribution in [3.63, 3.8) is 0 Å². The van der Waals surface area contributed by atoms with Crippen LogP contribution in [0, 0.1) is 5.82 Å². The minimum absolute atomic E-state index is 0.216. The fourth-order valence-electron chi connectivity index (χ4n) is 3.01. The normalized spacial score (nSPS) is 11.1. The number of nitrogens with zero attached hydrogens (tertiary/aromatic N) is 2. The van der Waals surface area contributed by atoms with E-state index < -0.39 is 0 Å². The van der Waals surface area contributed by atoms with Gasteiger partial charge in [0, 0.05) is 24.7 Å². The Kier molecular flexibility index (Phi) is 7.19. The van der Waals surface area contributed by atoms with Crippen LogP contribution in [0.15, 0.2) is 59.2 Å². The fourth-order valence-corrected chi connectivity index (χ4v) is 3.01. The predicted molar refractivity (Wildman–Crippen MR) is 111 cm³/mol. The summed E-state index contributed by atoms with van der Waals surface area (Å²) in [4.78, 5) is 18.9. The van der Waals surface area contributed by atoms with E-state index in [2.05, 4.69) is 29.0 Å². The third-order valence-corrected chi connectivity index (χ3v) is 4.79. The fraction of sp³-hybridized carbons (Fsp3) is 0.304. The molecule has 3 aromatic rings. The van der Waals surface area contributed by atoms with Crippen molar-refractivity contribution >= 4 is 5.91 Å². The number of halogens is 1. The molecule has 0 atom stereocenters. The summed E-state index contributed by atoms with van der Waals surface area (Å²) in [6.45, 7) is 5.59. The summed E-state index contributed by atoms with van der Waals surface area (Å²) in [5, 5.41) is 2.77. The van der Waals surface area contributed by atoms with Gasteiger partial charge in [-0.05, 0) is 37.6 Å². The van der Waals surface area contributed by atoms with E-state index in [1.165, 1.54) is 18.4 Å². The van der Waals surface area contributed by atoms with E-state index in [1.54, 1.807) is 19.2 Å². The van der Waals surface area contributed by atoms with E-state index >= 15 is 0 Å². The third kappa shape index (κ3) is 5.67. The van der Waals surface area contributed by atoms with Gasteiger partial charge in [0.2, 0.25) is 5.89 Å². The van der Waals surface area contributed by atoms with Crippen LogP contribution in [0.5, 0.6) is 5.75 Å². The van der Waals surface area contributed by atoms with Gasteiger partial charge in [0.25, 0.3) is 5.91 Å². The van der Waals surface area contributed by atoms with Gasteiger partial charge in [-0.1, -0.05) is 30.3 Å². The summed E-state index contributed by atoms with van der Waals surface area (Å²) in [5.74, 6) is 0.645. The van der Waals surface area contributed by atoms with E-state index in [9.17, 15) is 9.18 Å². The number of para-hydroxylation sites is 1. The second-order valence-corrected chi connectivity index (χ2v) is 7.25. The van der Waals surface area contributed by atoms with Crippen LogP contribution in [-0.2, 0) is 19.6 Å². The molecule has 3 rings (SSSR count). The van der Waals surface area contributed by atoms with Crippen LogP contribution < -0.4 is 10.1 Å². The number of methoxy groups -OCH3 is 1. The Bertz CT molecular complexity index is 970. The first kappa shape index (κ1) is 21.5. The molecule has 6 nitrogen and oxygen atoms in total. The molecular formula is C23H26FN3O3. The van der Waals surface area contributed by atoms with E-state index in [4.69, 9.17) is 9.15 Å². The maximum absolute atomic E-state index is 13.0. The molecule has 1 aromatic heterocycles. The molecule has 158 valence electrons. The van der Waals surface area contributed by atoms with Gasteiger partial charge in [-0.15, -0.1) is 0 Å². The molecule has 0 fully saturated rings. The molecule has 0 aliphatic rings. The number of carbonyl (C=O) groups excluding carboxylic acids is 1. The highest BCUT2D eigenvalue weighted by molar-refractivity contribution is 5.91. The first-order valence-electron chi connectivity index (χ1n) is 9.79. The number of amides is 1. The Hall–Kier alpha value is -3.19. The average molecular weight is 411 g/mol. The zero-order chi connectivity index (χ0) is 21.5. The van der Waals surface area contributed by atoms with Crippen LogP contribution in [-0.4, -0.2) is 28.9 Å². The van der Waals surface area contributed by atoms with Gasteiger partial charge >= 0.3 is 0 Å². The van der Waals surface area contributed by atoms with E-state index in [1.807, 2.05) is 24.3 Å². The monoisotopic (exact) mass is 411 g/mol. The number of ether oxygens (including phenoxy) is 1. The molecule has 0 saturated heterocycles. The lowest BCUT2D eigenvalue weighted by molar-refractivity contribution is 0.0945. The van der Waals surface area contributed by atoms with Gasteiger partial charge in [-0.2, -0.15) is 0 Å². The SMILES string of the molecule is COc1ccccc1CN(Cc1nc(C(=O)NCc2ccc(F)cc2)co1)C(C)C. The van der Waals surface area contributed by atoms with E-state index in [0.29, 0.717) is 19.0 Å². The number of carbonyl (C=O) groups is 1. The van der Waals surface area contributed by atoms with Gasteiger partial charge in [-0.25, -0.2) is 9.37 Å². The number of rotatable bonds is 9. The highest BCUT2D eigenvalue weighted by Gasteiger charge is 2.18. The molecule has 7 heteroatoms. The lowest BCUT2D eigenvalue weighted by atomic mass is 10.1. The zero-order valence-electron chi connectivity index (χ0n) is 17.4. The molecular weight excluding hydrogens is 385 g/mol. The lowest BCUT2D eigenvalue weighted by Crippen LogP contribution is -2.30. The molecule has 0 radical (unpaired) electrons. The van der Waals surface area contributed by atoms with E-state index in [0.717, 1.165) is 16.9 Å². The topological polar surface area (TPSA) is 67.6 Å². The summed E-state index contributed by atoms with van der Waals surface area (Å²) in [6.07, 6.45) is 1.36. The van der Waals surface area contributed by atoms with Crippen molar-refractivity contribution in [3.8, 4) is 5.75 Å². The Morgan fingerprint density at radius 1 is 1.17 bits per heavy atom. The first-order chi connectivity index (χ1) is 14.5. The van der Waals surface area contributed by atoms with Crippen LogP contribution >= 0.6 is 0 Å².